The van der Waals surface area contributed by atoms with Gasteiger partial charge in [0.1, 0.15) is 5.00 Å². The Morgan fingerprint density at radius 2 is 2.15 bits per heavy atom. The van der Waals surface area contributed by atoms with Crippen molar-refractivity contribution in [2.45, 2.75) is 24.7 Å². The lowest BCUT2D eigenvalue weighted by atomic mass is 10.00. The average molecular weight is 314 g/mol. The van der Waals surface area contributed by atoms with Crippen LogP contribution < -0.4 is 10.6 Å². The van der Waals surface area contributed by atoms with Crippen LogP contribution in [-0.4, -0.2) is 38.8 Å². The van der Waals surface area contributed by atoms with E-state index in [1.54, 1.807) is 18.7 Å². The molecule has 1 saturated heterocycles. The third-order valence-corrected chi connectivity index (χ3v) is 6.00. The first kappa shape index (κ1) is 15.7. The Morgan fingerprint density at radius 3 is 2.70 bits per heavy atom. The Morgan fingerprint density at radius 1 is 1.50 bits per heavy atom. The Labute approximate surface area is 128 Å². The highest BCUT2D eigenvalue weighted by molar-refractivity contribution is 7.99. The zero-order valence-corrected chi connectivity index (χ0v) is 13.9. The third kappa shape index (κ3) is 3.30. The topological polar surface area (TPSA) is 55.6 Å². The second kappa shape index (κ2) is 6.83. The summed E-state index contributed by atoms with van der Waals surface area (Å²) < 4.78 is 5.40. The van der Waals surface area contributed by atoms with Crippen LogP contribution in [0.15, 0.2) is 4.90 Å². The van der Waals surface area contributed by atoms with Crippen molar-refractivity contribution >= 4 is 39.6 Å². The third-order valence-electron chi connectivity index (χ3n) is 3.63. The monoisotopic (exact) mass is 314 g/mol. The Bertz CT molecular complexity index is 482. The smallest absolute Gasteiger partial charge is 0.171 e. The summed E-state index contributed by atoms with van der Waals surface area (Å²) in [4.78, 5) is 15.6. The molecule has 0 saturated carbocycles. The summed E-state index contributed by atoms with van der Waals surface area (Å²) >= 11 is 3.13. The van der Waals surface area contributed by atoms with E-state index < -0.39 is 0 Å². The fourth-order valence-electron chi connectivity index (χ4n) is 2.53. The van der Waals surface area contributed by atoms with E-state index >= 15 is 0 Å². The van der Waals surface area contributed by atoms with Crippen LogP contribution in [0.5, 0.6) is 0 Å². The van der Waals surface area contributed by atoms with Crippen LogP contribution >= 0.6 is 23.1 Å². The number of thioether (sulfide) groups is 1. The number of carbonyl (C=O) groups is 1. The maximum Gasteiger partial charge on any atom is 0.171 e. The fraction of sp³-hybridized carbons (Fsp3) is 0.643. The van der Waals surface area contributed by atoms with Crippen molar-refractivity contribution in [1.29, 1.82) is 0 Å². The molecular formula is C14H22N2O2S2. The van der Waals surface area contributed by atoms with E-state index in [1.165, 1.54) is 11.3 Å². The zero-order chi connectivity index (χ0) is 14.7. The summed E-state index contributed by atoms with van der Waals surface area (Å²) in [6.07, 6.45) is 4.23. The number of ether oxygens (including phenoxy) is 1. The normalized spacial score (nSPS) is 16.4. The fourth-order valence-corrected chi connectivity index (χ4v) is 4.60. The van der Waals surface area contributed by atoms with Gasteiger partial charge in [0.15, 0.2) is 5.78 Å². The van der Waals surface area contributed by atoms with Crippen LogP contribution in [0.25, 0.3) is 0 Å². The van der Waals surface area contributed by atoms with Gasteiger partial charge < -0.3 is 15.4 Å². The Hall–Kier alpha value is -0.720. The van der Waals surface area contributed by atoms with Crippen molar-refractivity contribution in [3.05, 3.63) is 4.88 Å². The predicted octanol–water partition coefficient (Wildman–Crippen LogP) is 3.12. The number of ketones is 1. The molecule has 0 atom stereocenters. The average Bonchev–Trinajstić information content (AvgIpc) is 2.77. The highest BCUT2D eigenvalue weighted by Gasteiger charge is 2.23. The molecule has 1 aliphatic rings. The van der Waals surface area contributed by atoms with Gasteiger partial charge in [0.2, 0.25) is 0 Å². The van der Waals surface area contributed by atoms with Crippen molar-refractivity contribution in [2.75, 3.05) is 43.7 Å². The van der Waals surface area contributed by atoms with Crippen molar-refractivity contribution in [1.82, 2.24) is 0 Å². The maximum atomic E-state index is 11.6. The van der Waals surface area contributed by atoms with Gasteiger partial charge >= 0.3 is 0 Å². The maximum absolute atomic E-state index is 11.6. The van der Waals surface area contributed by atoms with E-state index in [4.69, 9.17) is 10.5 Å². The molecule has 1 aromatic heterocycles. The standard InChI is InChI=1S/C14H22N2O2S2/c1-9(17)12-11(15)13(19-3)14(20-12)16(2)8-10-4-6-18-7-5-10/h10H,4-8,15H2,1-3H3. The van der Waals surface area contributed by atoms with Gasteiger partial charge in [-0.05, 0) is 25.0 Å². The SMILES string of the molecule is CSc1c(N(C)CC2CCOCC2)sc(C(C)=O)c1N. The minimum atomic E-state index is 0.0496. The molecule has 1 fully saturated rings. The van der Waals surface area contributed by atoms with Gasteiger partial charge in [0, 0.05) is 33.7 Å². The minimum Gasteiger partial charge on any atom is -0.396 e. The number of nitrogens with zero attached hydrogens (tertiary/aromatic N) is 1. The summed E-state index contributed by atoms with van der Waals surface area (Å²) in [5.41, 5.74) is 6.75. The minimum absolute atomic E-state index is 0.0496. The molecule has 112 valence electrons. The summed E-state index contributed by atoms with van der Waals surface area (Å²) in [5.74, 6) is 0.709. The van der Waals surface area contributed by atoms with Crippen molar-refractivity contribution in [2.24, 2.45) is 5.92 Å². The summed E-state index contributed by atoms with van der Waals surface area (Å²) in [6.45, 7) is 4.29. The van der Waals surface area contributed by atoms with Crippen molar-refractivity contribution in [3.63, 3.8) is 0 Å². The molecule has 0 aliphatic carbocycles. The van der Waals surface area contributed by atoms with E-state index in [9.17, 15) is 4.79 Å². The van der Waals surface area contributed by atoms with E-state index in [2.05, 4.69) is 11.9 Å². The van der Waals surface area contributed by atoms with Gasteiger partial charge in [-0.25, -0.2) is 0 Å². The lowest BCUT2D eigenvalue weighted by molar-refractivity contribution is 0.0685. The first-order valence-corrected chi connectivity index (χ1v) is 8.84. The number of nitrogens with two attached hydrogens (primary N) is 1. The summed E-state index contributed by atoms with van der Waals surface area (Å²) in [7, 11) is 2.09. The number of nitrogen functional groups attached to an aromatic ring is 1. The van der Waals surface area contributed by atoms with E-state index in [0.29, 0.717) is 16.5 Å². The molecule has 2 N–H and O–H groups in total. The molecular weight excluding hydrogens is 292 g/mol. The molecule has 1 aromatic rings. The second-order valence-corrected chi connectivity index (χ2v) is 6.99. The van der Waals surface area contributed by atoms with Gasteiger partial charge in [-0.15, -0.1) is 23.1 Å². The zero-order valence-electron chi connectivity index (χ0n) is 12.3. The largest absolute Gasteiger partial charge is 0.396 e. The predicted molar refractivity (Wildman–Crippen MR) is 87.3 cm³/mol. The highest BCUT2D eigenvalue weighted by atomic mass is 32.2. The number of carbonyl (C=O) groups excluding carboxylic acids is 1. The molecule has 0 amide bonds. The molecule has 20 heavy (non-hydrogen) atoms. The second-order valence-electron chi connectivity index (χ2n) is 5.18. The summed E-state index contributed by atoms with van der Waals surface area (Å²) in [6, 6.07) is 0. The molecule has 1 aliphatic heterocycles. The van der Waals surface area contributed by atoms with Crippen LogP contribution in [0.2, 0.25) is 0 Å². The van der Waals surface area contributed by atoms with Crippen molar-refractivity contribution in [3.8, 4) is 0 Å². The van der Waals surface area contributed by atoms with Crippen molar-refractivity contribution < 1.29 is 9.53 Å². The number of hydrogen-bond acceptors (Lipinski definition) is 6. The van der Waals surface area contributed by atoms with Gasteiger partial charge in [-0.2, -0.15) is 0 Å². The first-order valence-electron chi connectivity index (χ1n) is 6.80. The van der Waals surface area contributed by atoms with E-state index in [1.807, 2.05) is 6.26 Å². The van der Waals surface area contributed by atoms with E-state index in [-0.39, 0.29) is 5.78 Å². The molecule has 4 nitrogen and oxygen atoms in total. The van der Waals surface area contributed by atoms with E-state index in [0.717, 1.165) is 42.5 Å². The van der Waals surface area contributed by atoms with Crippen LogP contribution in [0.1, 0.15) is 29.4 Å². The highest BCUT2D eigenvalue weighted by Crippen LogP contribution is 2.43. The number of rotatable bonds is 5. The number of Topliss-reactive ketones (excluding diaryl/α,β-unsaturated/α-hetero) is 1. The number of anilines is 2. The summed E-state index contributed by atoms with van der Waals surface area (Å²) in [5, 5.41) is 1.12. The lowest BCUT2D eigenvalue weighted by Crippen LogP contribution is -2.29. The molecule has 2 heterocycles. The molecule has 0 unspecified atom stereocenters. The quantitative estimate of drug-likeness (QED) is 0.668. The number of thiophene rings is 1. The van der Waals surface area contributed by atoms with Gasteiger partial charge in [0.25, 0.3) is 0 Å². The van der Waals surface area contributed by atoms with Gasteiger partial charge in [-0.1, -0.05) is 0 Å². The van der Waals surface area contributed by atoms with Gasteiger partial charge in [-0.3, -0.25) is 4.79 Å². The Kier molecular flexibility index (Phi) is 5.35. The molecule has 6 heteroatoms. The molecule has 2 rings (SSSR count). The van der Waals surface area contributed by atoms with Crippen LogP contribution in [0.4, 0.5) is 10.7 Å². The Balaban J connectivity index is 2.17. The van der Waals surface area contributed by atoms with Gasteiger partial charge in [0.05, 0.1) is 15.5 Å². The number of hydrogen-bond donors (Lipinski definition) is 1. The first-order chi connectivity index (χ1) is 9.54. The lowest BCUT2D eigenvalue weighted by Gasteiger charge is -2.28. The molecule has 0 aromatic carbocycles. The molecule has 0 radical (unpaired) electrons. The molecule has 0 bridgehead atoms. The molecule has 0 spiro atoms. The van der Waals surface area contributed by atoms with Crippen LogP contribution in [-0.2, 0) is 4.74 Å². The van der Waals surface area contributed by atoms with Crippen LogP contribution in [0.3, 0.4) is 0 Å². The van der Waals surface area contributed by atoms with Crippen LogP contribution in [0, 0.1) is 5.92 Å².